The number of fused-ring (bicyclic) bond motifs is 1. The van der Waals surface area contributed by atoms with Crippen molar-refractivity contribution in [2.24, 2.45) is 18.9 Å². The number of hydrogen-bond donors (Lipinski definition) is 2. The van der Waals surface area contributed by atoms with Crippen molar-refractivity contribution in [3.8, 4) is 45.7 Å². The number of benzene rings is 3. The zero-order valence-electron chi connectivity index (χ0n) is 31.5. The van der Waals surface area contributed by atoms with Crippen LogP contribution >= 0.6 is 0 Å². The number of nitrogens with zero attached hydrogens (tertiary/aromatic N) is 4. The topological polar surface area (TPSA) is 84.1 Å². The summed E-state index contributed by atoms with van der Waals surface area (Å²) >= 11 is 0. The lowest BCUT2D eigenvalue weighted by atomic mass is 9.90. The molecule has 2 atom stereocenters. The largest absolute Gasteiger partial charge is 0.507 e. The summed E-state index contributed by atoms with van der Waals surface area (Å²) in [7, 11) is 2.02. The van der Waals surface area contributed by atoms with Crippen molar-refractivity contribution >= 4 is 10.9 Å². The number of phenolic OH excluding ortho intramolecular Hbond substituents is 2. The predicted molar refractivity (Wildman–Crippen MR) is 209 cm³/mol. The van der Waals surface area contributed by atoms with Crippen LogP contribution in [0.2, 0.25) is 0 Å². The number of aryl methyl sites for hydroxylation is 3. The molecule has 0 aliphatic rings. The summed E-state index contributed by atoms with van der Waals surface area (Å²) in [5, 5.41) is 24.3. The van der Waals surface area contributed by atoms with Crippen LogP contribution in [0, 0.1) is 25.7 Å². The first kappa shape index (κ1) is 37.1. The standard InChI is InChI=1S/C44H58N4O2/c1-8-12-16-31(10-3)20-22-33-24-26-36(40(49)29(33)5)42-45-43(47-44(46-42)38-28-48(7)39-19-15-14-18-35(38)39)37-27-25-34(30(6)41(37)50)23-21-32(11-4)17-13-9-2/h14-15,18-19,24-28,31-32,49-50H,8-13,16-17,20-23H2,1-7H3. The molecule has 2 N–H and O–H groups in total. The second kappa shape index (κ2) is 17.2. The molecular weight excluding hydrogens is 617 g/mol. The van der Waals surface area contributed by atoms with Crippen molar-refractivity contribution in [1.82, 2.24) is 19.5 Å². The normalized spacial score (nSPS) is 12.9. The number of hydrogen-bond acceptors (Lipinski definition) is 5. The lowest BCUT2D eigenvalue weighted by Crippen LogP contribution is -2.04. The first-order chi connectivity index (χ1) is 24.2. The molecule has 6 heteroatoms. The molecule has 6 nitrogen and oxygen atoms in total. The van der Waals surface area contributed by atoms with E-state index in [4.69, 9.17) is 15.0 Å². The van der Waals surface area contributed by atoms with E-state index in [1.54, 1.807) is 0 Å². The molecule has 0 amide bonds. The Hall–Kier alpha value is -4.19. The lowest BCUT2D eigenvalue weighted by Gasteiger charge is -2.17. The highest BCUT2D eigenvalue weighted by atomic mass is 16.3. The number of rotatable bonds is 17. The maximum Gasteiger partial charge on any atom is 0.167 e. The summed E-state index contributed by atoms with van der Waals surface area (Å²) in [4.78, 5) is 14.9. The second-order valence-electron chi connectivity index (χ2n) is 14.4. The Morgan fingerprint density at radius 2 is 1.06 bits per heavy atom. The van der Waals surface area contributed by atoms with E-state index in [0.29, 0.717) is 40.4 Å². The van der Waals surface area contributed by atoms with E-state index in [2.05, 4.69) is 56.5 Å². The fourth-order valence-corrected chi connectivity index (χ4v) is 7.45. The summed E-state index contributed by atoms with van der Waals surface area (Å²) in [5.41, 5.74) is 7.15. The molecule has 5 rings (SSSR count). The van der Waals surface area contributed by atoms with Gasteiger partial charge in [0.2, 0.25) is 0 Å². The van der Waals surface area contributed by atoms with Gasteiger partial charge in [0.1, 0.15) is 11.5 Å². The molecule has 266 valence electrons. The Bertz CT molecular complexity index is 1800. The number of aromatic nitrogens is 4. The lowest BCUT2D eigenvalue weighted by molar-refractivity contribution is 0.420. The minimum absolute atomic E-state index is 0.203. The van der Waals surface area contributed by atoms with Gasteiger partial charge < -0.3 is 14.8 Å². The highest BCUT2D eigenvalue weighted by molar-refractivity contribution is 5.94. The maximum absolute atomic E-state index is 11.7. The molecule has 0 spiro atoms. The summed E-state index contributed by atoms with van der Waals surface area (Å²) in [6, 6.07) is 16.4. The average molecular weight is 675 g/mol. The molecular formula is C44H58N4O2. The molecule has 0 bridgehead atoms. The zero-order chi connectivity index (χ0) is 35.8. The number of aromatic hydroxyl groups is 2. The Morgan fingerprint density at radius 3 is 1.52 bits per heavy atom. The Kier molecular flexibility index (Phi) is 12.7. The first-order valence-corrected chi connectivity index (χ1v) is 19.1. The zero-order valence-corrected chi connectivity index (χ0v) is 31.5. The van der Waals surface area contributed by atoms with Crippen LogP contribution in [0.5, 0.6) is 11.5 Å². The van der Waals surface area contributed by atoms with Gasteiger partial charge in [-0.15, -0.1) is 0 Å². The number of para-hydroxylation sites is 1. The van der Waals surface area contributed by atoms with Gasteiger partial charge in [0.05, 0.1) is 11.1 Å². The van der Waals surface area contributed by atoms with E-state index < -0.39 is 0 Å². The van der Waals surface area contributed by atoms with Gasteiger partial charge in [0.25, 0.3) is 0 Å². The van der Waals surface area contributed by atoms with E-state index in [-0.39, 0.29) is 11.5 Å². The van der Waals surface area contributed by atoms with E-state index in [9.17, 15) is 10.2 Å². The minimum Gasteiger partial charge on any atom is -0.507 e. The fraction of sp³-hybridized carbons (Fsp3) is 0.477. The fourth-order valence-electron chi connectivity index (χ4n) is 7.45. The molecule has 0 aliphatic heterocycles. The van der Waals surface area contributed by atoms with Gasteiger partial charge in [0.15, 0.2) is 17.5 Å². The van der Waals surface area contributed by atoms with Crippen molar-refractivity contribution in [2.75, 3.05) is 0 Å². The molecule has 0 saturated heterocycles. The predicted octanol–water partition coefficient (Wildman–Crippen LogP) is 11.7. The summed E-state index contributed by atoms with van der Waals surface area (Å²) in [6.45, 7) is 13.1. The molecule has 0 saturated carbocycles. The van der Waals surface area contributed by atoms with Gasteiger partial charge in [-0.2, -0.15) is 0 Å². The molecule has 2 aromatic heterocycles. The van der Waals surface area contributed by atoms with Crippen LogP contribution in [0.15, 0.2) is 54.7 Å². The van der Waals surface area contributed by atoms with Crippen molar-refractivity contribution < 1.29 is 10.2 Å². The van der Waals surface area contributed by atoms with Crippen LogP contribution in [0.4, 0.5) is 0 Å². The van der Waals surface area contributed by atoms with Crippen LogP contribution in [0.25, 0.3) is 45.1 Å². The van der Waals surface area contributed by atoms with Crippen molar-refractivity contribution in [3.63, 3.8) is 0 Å². The van der Waals surface area contributed by atoms with E-state index in [1.807, 2.05) is 51.4 Å². The van der Waals surface area contributed by atoms with Gasteiger partial charge in [0, 0.05) is 29.7 Å². The molecule has 2 heterocycles. The smallest absolute Gasteiger partial charge is 0.167 e. The second-order valence-corrected chi connectivity index (χ2v) is 14.4. The summed E-state index contributed by atoms with van der Waals surface area (Å²) in [5.74, 6) is 3.09. The monoisotopic (exact) mass is 674 g/mol. The van der Waals surface area contributed by atoms with Crippen LogP contribution in [-0.4, -0.2) is 29.7 Å². The minimum atomic E-state index is 0.203. The summed E-state index contributed by atoms with van der Waals surface area (Å²) < 4.78 is 2.08. The first-order valence-electron chi connectivity index (χ1n) is 19.1. The van der Waals surface area contributed by atoms with Crippen LogP contribution < -0.4 is 0 Å². The van der Waals surface area contributed by atoms with E-state index in [0.717, 1.165) is 64.4 Å². The molecule has 0 aliphatic carbocycles. The molecule has 2 unspecified atom stereocenters. The quantitative estimate of drug-likeness (QED) is 0.103. The third kappa shape index (κ3) is 8.22. The van der Waals surface area contributed by atoms with Gasteiger partial charge >= 0.3 is 0 Å². The molecule has 50 heavy (non-hydrogen) atoms. The highest BCUT2D eigenvalue weighted by Gasteiger charge is 2.22. The average Bonchev–Trinajstić information content (AvgIpc) is 3.47. The van der Waals surface area contributed by atoms with Crippen LogP contribution in [-0.2, 0) is 19.9 Å². The molecule has 0 radical (unpaired) electrons. The van der Waals surface area contributed by atoms with E-state index >= 15 is 0 Å². The SMILES string of the molecule is CCCCC(CC)CCc1ccc(-c2nc(-c3ccc(CCC(CC)CCCC)c(C)c3O)nc(-c3cn(C)c4ccccc34)n2)c(O)c1C. The molecule has 0 fully saturated rings. The summed E-state index contributed by atoms with van der Waals surface area (Å²) in [6.07, 6.45) is 16.0. The van der Waals surface area contributed by atoms with Gasteiger partial charge in [-0.25, -0.2) is 15.0 Å². The molecule has 3 aromatic carbocycles. The number of unbranched alkanes of at least 4 members (excludes halogenated alkanes) is 2. The van der Waals surface area contributed by atoms with Crippen LogP contribution in [0.1, 0.15) is 114 Å². The van der Waals surface area contributed by atoms with Crippen LogP contribution in [0.3, 0.4) is 0 Å². The van der Waals surface area contributed by atoms with Crippen molar-refractivity contribution in [2.45, 2.75) is 119 Å². The molecule has 5 aromatic rings. The third-order valence-corrected chi connectivity index (χ3v) is 11.1. The van der Waals surface area contributed by atoms with E-state index in [1.165, 1.54) is 51.4 Å². The van der Waals surface area contributed by atoms with Gasteiger partial charge in [-0.1, -0.05) is 109 Å². The van der Waals surface area contributed by atoms with Crippen molar-refractivity contribution in [3.05, 3.63) is 77.0 Å². The third-order valence-electron chi connectivity index (χ3n) is 11.1. The van der Waals surface area contributed by atoms with Gasteiger partial charge in [-0.3, -0.25) is 0 Å². The van der Waals surface area contributed by atoms with Crippen molar-refractivity contribution in [1.29, 1.82) is 0 Å². The Balaban J connectivity index is 1.56. The Labute approximate surface area is 300 Å². The van der Waals surface area contributed by atoms with Gasteiger partial charge in [-0.05, 0) is 91.8 Å². The Morgan fingerprint density at radius 1 is 0.600 bits per heavy atom. The maximum atomic E-state index is 11.7. The number of phenols is 2. The highest BCUT2D eigenvalue weighted by Crippen LogP contribution is 2.39.